The zero-order valence-electron chi connectivity index (χ0n) is 9.56. The van der Waals surface area contributed by atoms with Crippen molar-refractivity contribution in [1.29, 1.82) is 0 Å². The predicted molar refractivity (Wildman–Crippen MR) is 57.6 cm³/mol. The molecular weight excluding hydrogens is 248 g/mol. The van der Waals surface area contributed by atoms with Crippen molar-refractivity contribution in [1.82, 2.24) is 0 Å². The van der Waals surface area contributed by atoms with Crippen LogP contribution in [0.15, 0.2) is 18.2 Å². The van der Waals surface area contributed by atoms with Crippen LogP contribution in [-0.4, -0.2) is 5.78 Å². The van der Waals surface area contributed by atoms with E-state index in [0.29, 0.717) is 12.8 Å². The number of halogens is 4. The van der Waals surface area contributed by atoms with Crippen molar-refractivity contribution in [2.24, 2.45) is 0 Å². The van der Waals surface area contributed by atoms with Gasteiger partial charge in [0.05, 0.1) is 5.56 Å². The van der Waals surface area contributed by atoms with Gasteiger partial charge in [0.15, 0.2) is 0 Å². The van der Waals surface area contributed by atoms with Gasteiger partial charge in [-0.15, -0.1) is 0 Å². The summed E-state index contributed by atoms with van der Waals surface area (Å²) < 4.78 is 50.8. The molecule has 5 heteroatoms. The van der Waals surface area contributed by atoms with E-state index in [-0.39, 0.29) is 11.3 Å². The standard InChI is InChI=1S/C13H12F4O/c14-11-6-5-8(7-10(11)13(15,16)17)9-3-1-2-4-12(9)18/h5-7,9H,1-4H2. The Hall–Kier alpha value is -1.39. The maximum absolute atomic E-state index is 13.1. The lowest BCUT2D eigenvalue weighted by Gasteiger charge is -2.21. The molecular formula is C13H12F4O. The number of carbonyl (C=O) groups is 1. The molecule has 0 amide bonds. The average molecular weight is 260 g/mol. The van der Waals surface area contributed by atoms with E-state index in [1.165, 1.54) is 6.07 Å². The van der Waals surface area contributed by atoms with E-state index in [1.807, 2.05) is 0 Å². The third-order valence-electron chi connectivity index (χ3n) is 3.25. The minimum absolute atomic E-state index is 0.0546. The molecule has 0 N–H and O–H groups in total. The quantitative estimate of drug-likeness (QED) is 0.695. The van der Waals surface area contributed by atoms with Gasteiger partial charge in [-0.3, -0.25) is 4.79 Å². The van der Waals surface area contributed by atoms with E-state index in [1.54, 1.807) is 0 Å². The van der Waals surface area contributed by atoms with Crippen molar-refractivity contribution in [2.75, 3.05) is 0 Å². The van der Waals surface area contributed by atoms with Crippen LogP contribution in [0.5, 0.6) is 0 Å². The number of hydrogen-bond donors (Lipinski definition) is 0. The van der Waals surface area contributed by atoms with Gasteiger partial charge in [0, 0.05) is 12.3 Å². The maximum Gasteiger partial charge on any atom is 0.419 e. The van der Waals surface area contributed by atoms with Gasteiger partial charge in [0.25, 0.3) is 0 Å². The summed E-state index contributed by atoms with van der Waals surface area (Å²) in [6.07, 6.45) is -2.19. The molecule has 1 aliphatic carbocycles. The lowest BCUT2D eigenvalue weighted by molar-refractivity contribution is -0.140. The van der Waals surface area contributed by atoms with Gasteiger partial charge in [0.2, 0.25) is 0 Å². The van der Waals surface area contributed by atoms with Gasteiger partial charge in [-0.1, -0.05) is 12.5 Å². The molecule has 1 nitrogen and oxygen atoms in total. The minimum Gasteiger partial charge on any atom is -0.299 e. The largest absolute Gasteiger partial charge is 0.419 e. The topological polar surface area (TPSA) is 17.1 Å². The fraction of sp³-hybridized carbons (Fsp3) is 0.462. The molecule has 1 unspecified atom stereocenters. The molecule has 0 aliphatic heterocycles. The highest BCUT2D eigenvalue weighted by molar-refractivity contribution is 5.86. The second-order valence-corrected chi connectivity index (χ2v) is 4.50. The van der Waals surface area contributed by atoms with Gasteiger partial charge >= 0.3 is 6.18 Å². The molecule has 2 rings (SSSR count). The summed E-state index contributed by atoms with van der Waals surface area (Å²) in [5.41, 5.74) is -1.02. The Labute approximate surface area is 102 Å². The molecule has 0 radical (unpaired) electrons. The zero-order valence-corrected chi connectivity index (χ0v) is 9.56. The Morgan fingerprint density at radius 2 is 1.89 bits per heavy atom. The van der Waals surface area contributed by atoms with Crippen LogP contribution < -0.4 is 0 Å². The number of Topliss-reactive ketones (excluding diaryl/α,β-unsaturated/α-hetero) is 1. The SMILES string of the molecule is O=C1CCCCC1c1ccc(F)c(C(F)(F)F)c1. The molecule has 0 bridgehead atoms. The minimum atomic E-state index is -4.72. The molecule has 1 aliphatic rings. The third kappa shape index (κ3) is 2.54. The summed E-state index contributed by atoms with van der Waals surface area (Å²) in [5.74, 6) is -1.86. The van der Waals surface area contributed by atoms with Crippen molar-refractivity contribution in [2.45, 2.75) is 37.8 Å². The number of carbonyl (C=O) groups excluding carboxylic acids is 1. The van der Waals surface area contributed by atoms with Gasteiger partial charge in [-0.25, -0.2) is 4.39 Å². The van der Waals surface area contributed by atoms with Crippen LogP contribution in [0.1, 0.15) is 42.7 Å². The Morgan fingerprint density at radius 1 is 1.17 bits per heavy atom. The molecule has 1 saturated carbocycles. The monoisotopic (exact) mass is 260 g/mol. The zero-order chi connectivity index (χ0) is 13.3. The highest BCUT2D eigenvalue weighted by atomic mass is 19.4. The van der Waals surface area contributed by atoms with E-state index < -0.39 is 23.5 Å². The van der Waals surface area contributed by atoms with Crippen LogP contribution in [0.4, 0.5) is 17.6 Å². The van der Waals surface area contributed by atoms with Gasteiger partial charge < -0.3 is 0 Å². The first-order valence-corrected chi connectivity index (χ1v) is 5.79. The van der Waals surface area contributed by atoms with Gasteiger partial charge in [-0.05, 0) is 30.5 Å². The first-order chi connectivity index (χ1) is 8.39. The Morgan fingerprint density at radius 3 is 2.50 bits per heavy atom. The van der Waals surface area contributed by atoms with E-state index in [9.17, 15) is 22.4 Å². The third-order valence-corrected chi connectivity index (χ3v) is 3.25. The lowest BCUT2D eigenvalue weighted by Crippen LogP contribution is -2.18. The van der Waals surface area contributed by atoms with Crippen molar-refractivity contribution < 1.29 is 22.4 Å². The van der Waals surface area contributed by atoms with E-state index in [4.69, 9.17) is 0 Å². The fourth-order valence-corrected chi connectivity index (χ4v) is 2.31. The number of benzene rings is 1. The average Bonchev–Trinajstić information content (AvgIpc) is 2.29. The van der Waals surface area contributed by atoms with Crippen LogP contribution in [0.3, 0.4) is 0 Å². The highest BCUT2D eigenvalue weighted by Crippen LogP contribution is 2.36. The molecule has 1 aromatic carbocycles. The number of rotatable bonds is 1. The molecule has 1 atom stereocenters. The molecule has 98 valence electrons. The summed E-state index contributed by atoms with van der Waals surface area (Å²) in [6, 6.07) is 2.84. The summed E-state index contributed by atoms with van der Waals surface area (Å²) in [5, 5.41) is 0. The molecule has 0 spiro atoms. The Kier molecular flexibility index (Phi) is 3.41. The van der Waals surface area contributed by atoms with Crippen molar-refractivity contribution >= 4 is 5.78 Å². The van der Waals surface area contributed by atoms with Gasteiger partial charge in [-0.2, -0.15) is 13.2 Å². The Balaban J connectivity index is 2.37. The first kappa shape index (κ1) is 13.1. The predicted octanol–water partition coefficient (Wildman–Crippen LogP) is 4.07. The second kappa shape index (κ2) is 4.71. The maximum atomic E-state index is 13.1. The number of alkyl halides is 3. The van der Waals surface area contributed by atoms with Crippen LogP contribution in [0.25, 0.3) is 0 Å². The lowest BCUT2D eigenvalue weighted by atomic mass is 9.82. The smallest absolute Gasteiger partial charge is 0.299 e. The van der Waals surface area contributed by atoms with Crippen LogP contribution >= 0.6 is 0 Å². The summed E-state index contributed by atoms with van der Waals surface area (Å²) in [4.78, 5) is 11.7. The van der Waals surface area contributed by atoms with E-state index >= 15 is 0 Å². The second-order valence-electron chi connectivity index (χ2n) is 4.50. The summed E-state index contributed by atoms with van der Waals surface area (Å²) >= 11 is 0. The van der Waals surface area contributed by atoms with E-state index in [0.717, 1.165) is 25.0 Å². The van der Waals surface area contributed by atoms with Crippen molar-refractivity contribution in [3.8, 4) is 0 Å². The molecule has 0 heterocycles. The Bertz CT molecular complexity index is 465. The van der Waals surface area contributed by atoms with E-state index in [2.05, 4.69) is 0 Å². The molecule has 1 fully saturated rings. The van der Waals surface area contributed by atoms with Crippen LogP contribution in [0, 0.1) is 5.82 Å². The fourth-order valence-electron chi connectivity index (χ4n) is 2.31. The van der Waals surface area contributed by atoms with Crippen molar-refractivity contribution in [3.63, 3.8) is 0 Å². The molecule has 1 aromatic rings. The molecule has 0 aromatic heterocycles. The van der Waals surface area contributed by atoms with Crippen LogP contribution in [0.2, 0.25) is 0 Å². The number of hydrogen-bond acceptors (Lipinski definition) is 1. The first-order valence-electron chi connectivity index (χ1n) is 5.79. The normalized spacial score (nSPS) is 21.1. The number of ketones is 1. The van der Waals surface area contributed by atoms with Gasteiger partial charge in [0.1, 0.15) is 11.6 Å². The van der Waals surface area contributed by atoms with Crippen LogP contribution in [-0.2, 0) is 11.0 Å². The molecule has 0 saturated heterocycles. The highest BCUT2D eigenvalue weighted by Gasteiger charge is 2.35. The molecule has 18 heavy (non-hydrogen) atoms. The van der Waals surface area contributed by atoms with Crippen molar-refractivity contribution in [3.05, 3.63) is 35.1 Å². The summed E-state index contributed by atoms with van der Waals surface area (Å²) in [7, 11) is 0. The summed E-state index contributed by atoms with van der Waals surface area (Å²) in [6.45, 7) is 0.